The zero-order valence-electron chi connectivity index (χ0n) is 36.6. The van der Waals surface area contributed by atoms with Gasteiger partial charge in [-0.05, 0) is 96.0 Å². The molecule has 4 aromatic carbocycles. The van der Waals surface area contributed by atoms with E-state index < -0.39 is 17.6 Å². The molecule has 0 radical (unpaired) electrons. The molecule has 1 atom stereocenters. The van der Waals surface area contributed by atoms with Gasteiger partial charge in [0.2, 0.25) is 11.9 Å². The summed E-state index contributed by atoms with van der Waals surface area (Å²) in [5, 5.41) is 6.57. The maximum Gasteiger partial charge on any atom is 0.416 e. The first-order valence-corrected chi connectivity index (χ1v) is 21.4. The van der Waals surface area contributed by atoms with E-state index in [0.717, 1.165) is 37.0 Å². The molecule has 0 aliphatic carbocycles. The van der Waals surface area contributed by atoms with Gasteiger partial charge >= 0.3 is 6.18 Å². The average molecular weight is 893 g/mol. The molecule has 2 N–H and O–H groups in total. The van der Waals surface area contributed by atoms with Gasteiger partial charge in [-0.25, -0.2) is 14.4 Å². The summed E-state index contributed by atoms with van der Waals surface area (Å²) in [6.07, 6.45) is 4.64. The highest BCUT2D eigenvalue weighted by molar-refractivity contribution is 5.82. The highest BCUT2D eigenvalue weighted by Crippen LogP contribution is 2.34. The number of alkyl halides is 3. The lowest BCUT2D eigenvalue weighted by molar-refractivity contribution is -0.137. The Hall–Kier alpha value is -7.74. The summed E-state index contributed by atoms with van der Waals surface area (Å²) in [6.45, 7) is 3.41. The van der Waals surface area contributed by atoms with E-state index in [9.17, 15) is 27.2 Å². The SMILES string of the molecule is CC(CNc1nc(-c2ccncc2)c(-c2cccc(F)c2)c(=O)n1C)Cc1ccccc1.Cn1c(NCCCc2ccccc2)nc(-c2ccncc2)c(-c2ccc(C(F)(F)F)cc2)c1=O. The first-order valence-electron chi connectivity index (χ1n) is 21.4. The van der Waals surface area contributed by atoms with Crippen LogP contribution in [0.25, 0.3) is 44.8 Å². The number of benzene rings is 4. The zero-order valence-corrected chi connectivity index (χ0v) is 36.6. The van der Waals surface area contributed by atoms with E-state index in [2.05, 4.69) is 51.8 Å². The van der Waals surface area contributed by atoms with Gasteiger partial charge in [0.15, 0.2) is 0 Å². The molecule has 0 aliphatic rings. The summed E-state index contributed by atoms with van der Waals surface area (Å²) in [4.78, 5) is 44.3. The van der Waals surface area contributed by atoms with E-state index >= 15 is 0 Å². The van der Waals surface area contributed by atoms with Crippen LogP contribution >= 0.6 is 0 Å². The Labute approximate surface area is 379 Å². The number of pyridine rings is 2. The molecule has 0 fully saturated rings. The van der Waals surface area contributed by atoms with Gasteiger partial charge in [0, 0.05) is 63.1 Å². The van der Waals surface area contributed by atoms with Gasteiger partial charge in [-0.2, -0.15) is 13.2 Å². The molecule has 0 aliphatic heterocycles. The second kappa shape index (κ2) is 21.3. The Kier molecular flexibility index (Phi) is 14.9. The average Bonchev–Trinajstić information content (AvgIpc) is 3.33. The molecular formula is C52H48F4N8O2. The van der Waals surface area contributed by atoms with E-state index in [0.29, 0.717) is 64.5 Å². The van der Waals surface area contributed by atoms with Crippen LogP contribution in [-0.2, 0) is 33.1 Å². The normalized spacial score (nSPS) is 11.6. The van der Waals surface area contributed by atoms with Crippen LogP contribution in [0.15, 0.2) is 168 Å². The lowest BCUT2D eigenvalue weighted by Crippen LogP contribution is -2.26. The predicted octanol–water partition coefficient (Wildman–Crippen LogP) is 10.5. The molecule has 0 bridgehead atoms. The molecule has 14 heteroatoms. The van der Waals surface area contributed by atoms with Crippen LogP contribution in [0.1, 0.15) is 30.0 Å². The second-order valence-corrected chi connectivity index (χ2v) is 15.8. The molecule has 4 aromatic heterocycles. The molecule has 336 valence electrons. The molecule has 0 saturated carbocycles. The van der Waals surface area contributed by atoms with Gasteiger partial charge in [0.05, 0.1) is 28.1 Å². The molecule has 8 aromatic rings. The van der Waals surface area contributed by atoms with Crippen molar-refractivity contribution in [2.45, 2.75) is 32.4 Å². The number of aromatic nitrogens is 6. The predicted molar refractivity (Wildman–Crippen MR) is 252 cm³/mol. The lowest BCUT2D eigenvalue weighted by atomic mass is 10.00. The Morgan fingerprint density at radius 3 is 1.64 bits per heavy atom. The third kappa shape index (κ3) is 11.5. The van der Waals surface area contributed by atoms with Crippen LogP contribution in [0.4, 0.5) is 29.5 Å². The third-order valence-electron chi connectivity index (χ3n) is 10.9. The van der Waals surface area contributed by atoms with Gasteiger partial charge in [-0.1, -0.05) is 91.9 Å². The number of rotatable bonds is 14. The highest BCUT2D eigenvalue weighted by atomic mass is 19.4. The fourth-order valence-corrected chi connectivity index (χ4v) is 7.44. The van der Waals surface area contributed by atoms with Crippen molar-refractivity contribution in [3.63, 3.8) is 0 Å². The highest BCUT2D eigenvalue weighted by Gasteiger charge is 2.30. The molecule has 10 nitrogen and oxygen atoms in total. The van der Waals surface area contributed by atoms with Crippen molar-refractivity contribution in [1.29, 1.82) is 0 Å². The largest absolute Gasteiger partial charge is 0.416 e. The van der Waals surface area contributed by atoms with Gasteiger partial charge in [-0.15, -0.1) is 0 Å². The summed E-state index contributed by atoms with van der Waals surface area (Å²) < 4.78 is 55.9. The maximum absolute atomic E-state index is 13.9. The molecule has 0 spiro atoms. The van der Waals surface area contributed by atoms with E-state index in [4.69, 9.17) is 9.97 Å². The summed E-state index contributed by atoms with van der Waals surface area (Å²) >= 11 is 0. The third-order valence-corrected chi connectivity index (χ3v) is 10.9. The van der Waals surface area contributed by atoms with Crippen molar-refractivity contribution in [2.24, 2.45) is 20.0 Å². The van der Waals surface area contributed by atoms with E-state index in [-0.39, 0.29) is 16.7 Å². The Morgan fingerprint density at radius 2 is 1.11 bits per heavy atom. The van der Waals surface area contributed by atoms with Crippen molar-refractivity contribution < 1.29 is 17.6 Å². The van der Waals surface area contributed by atoms with E-state index in [1.807, 2.05) is 36.4 Å². The fraction of sp³-hybridized carbons (Fsp3) is 0.192. The lowest BCUT2D eigenvalue weighted by Gasteiger charge is -2.18. The summed E-state index contributed by atoms with van der Waals surface area (Å²) in [7, 11) is 3.28. The second-order valence-electron chi connectivity index (χ2n) is 15.8. The summed E-state index contributed by atoms with van der Waals surface area (Å²) in [5.41, 5.74) is 4.85. The molecule has 4 heterocycles. The number of nitrogens with zero attached hydrogens (tertiary/aromatic N) is 6. The van der Waals surface area contributed by atoms with E-state index in [1.165, 1.54) is 44.5 Å². The number of aryl methyl sites for hydroxylation is 1. The molecule has 66 heavy (non-hydrogen) atoms. The minimum absolute atomic E-state index is 0.234. The van der Waals surface area contributed by atoms with Gasteiger partial charge in [-0.3, -0.25) is 28.7 Å². The topological polar surface area (TPSA) is 120 Å². The Balaban J connectivity index is 0.000000197. The standard InChI is InChI=1S/C26H23F3N4O.C26H25FN4O/c1-33-24(34)22(19-9-11-21(12-10-19)26(27,28)29)23(20-13-16-30-17-14-20)32-25(33)31-15-5-8-18-6-3-2-4-7-18;1-18(15-19-7-4-3-5-8-19)17-29-26-30-24(20-11-13-28-14-12-20)23(25(32)31(26)2)21-9-6-10-22(27)16-21/h2-4,6-7,9-14,16-17H,5,8,15H2,1H3,(H,31,32);3-14,16,18H,15,17H2,1-2H3,(H,29,30). The van der Waals surface area contributed by atoms with Crippen LogP contribution in [0.2, 0.25) is 0 Å². The quantitative estimate of drug-likeness (QED) is 0.0818. The minimum Gasteiger partial charge on any atom is -0.356 e. The molecule has 1 unspecified atom stereocenters. The first-order chi connectivity index (χ1) is 31.9. The van der Waals surface area contributed by atoms with E-state index in [1.54, 1.807) is 75.3 Å². The van der Waals surface area contributed by atoms with Gasteiger partial charge < -0.3 is 10.6 Å². The summed E-state index contributed by atoms with van der Waals surface area (Å²) in [5.74, 6) is 0.797. The van der Waals surface area contributed by atoms with Gasteiger partial charge in [0.1, 0.15) is 5.82 Å². The summed E-state index contributed by atoms with van der Waals surface area (Å²) in [6, 6.07) is 38.0. The van der Waals surface area contributed by atoms with Crippen molar-refractivity contribution in [3.8, 4) is 44.8 Å². The maximum atomic E-state index is 13.9. The van der Waals surface area contributed by atoms with Crippen molar-refractivity contribution in [1.82, 2.24) is 29.1 Å². The fourth-order valence-electron chi connectivity index (χ4n) is 7.44. The molecule has 8 rings (SSSR count). The number of halogens is 4. The van der Waals surface area contributed by atoms with Gasteiger partial charge in [0.25, 0.3) is 11.1 Å². The van der Waals surface area contributed by atoms with Crippen molar-refractivity contribution in [3.05, 3.63) is 201 Å². The Morgan fingerprint density at radius 1 is 0.591 bits per heavy atom. The number of nitrogens with one attached hydrogen (secondary N) is 2. The van der Waals surface area contributed by atoms with Crippen LogP contribution in [0, 0.1) is 11.7 Å². The van der Waals surface area contributed by atoms with Crippen LogP contribution in [0.5, 0.6) is 0 Å². The Bertz CT molecular complexity index is 2970. The number of anilines is 2. The molecular weight excluding hydrogens is 845 g/mol. The minimum atomic E-state index is -4.46. The smallest absolute Gasteiger partial charge is 0.356 e. The zero-order chi connectivity index (χ0) is 46.6. The number of hydrogen-bond acceptors (Lipinski definition) is 8. The van der Waals surface area contributed by atoms with Crippen molar-refractivity contribution in [2.75, 3.05) is 23.7 Å². The van der Waals surface area contributed by atoms with Crippen LogP contribution < -0.4 is 21.8 Å². The number of hydrogen-bond donors (Lipinski definition) is 2. The van der Waals surface area contributed by atoms with Crippen molar-refractivity contribution >= 4 is 11.9 Å². The first kappa shape index (κ1) is 46.3. The van der Waals surface area contributed by atoms with Crippen LogP contribution in [0.3, 0.4) is 0 Å². The molecule has 0 saturated heterocycles. The molecule has 0 amide bonds. The monoisotopic (exact) mass is 892 g/mol. The van der Waals surface area contributed by atoms with Crippen LogP contribution in [-0.4, -0.2) is 42.2 Å².